The fourth-order valence-electron chi connectivity index (χ4n) is 4.19. The molecule has 1 aliphatic heterocycles. The van der Waals surface area contributed by atoms with Crippen LogP contribution in [0.4, 0.5) is 36.8 Å². The molecule has 35 heavy (non-hydrogen) atoms. The minimum atomic E-state index is -5.03. The highest BCUT2D eigenvalue weighted by molar-refractivity contribution is 5.88. The van der Waals surface area contributed by atoms with Crippen LogP contribution < -0.4 is 4.90 Å². The van der Waals surface area contributed by atoms with E-state index in [1.165, 1.54) is 18.2 Å². The number of benzene rings is 2. The average molecular weight is 504 g/mol. The van der Waals surface area contributed by atoms with Gasteiger partial charge in [0.1, 0.15) is 0 Å². The van der Waals surface area contributed by atoms with Gasteiger partial charge >= 0.3 is 18.4 Å². The smallest absolute Gasteiger partial charge is 0.416 e. The number of aliphatic hydroxyl groups is 1. The van der Waals surface area contributed by atoms with E-state index < -0.39 is 48.1 Å². The highest BCUT2D eigenvalue weighted by atomic mass is 19.4. The Morgan fingerprint density at radius 1 is 1.00 bits per heavy atom. The summed E-state index contributed by atoms with van der Waals surface area (Å²) in [5.74, 6) is -0.609. The Hall–Kier alpha value is -3.28. The number of alkyl halides is 6. The van der Waals surface area contributed by atoms with Crippen LogP contribution in [0.5, 0.6) is 0 Å². The Morgan fingerprint density at radius 3 is 2.09 bits per heavy atom. The van der Waals surface area contributed by atoms with Gasteiger partial charge in [0.2, 0.25) is 5.91 Å². The van der Waals surface area contributed by atoms with Crippen molar-refractivity contribution in [1.29, 1.82) is 0 Å². The second-order valence-corrected chi connectivity index (χ2v) is 8.20. The van der Waals surface area contributed by atoms with E-state index in [1.54, 1.807) is 0 Å². The Bertz CT molecular complexity index is 1080. The third kappa shape index (κ3) is 5.87. The minimum absolute atomic E-state index is 0.0176. The van der Waals surface area contributed by atoms with E-state index in [1.807, 2.05) is 0 Å². The third-order valence-corrected chi connectivity index (χ3v) is 5.80. The maximum Gasteiger partial charge on any atom is 0.416 e. The lowest BCUT2D eigenvalue weighted by Crippen LogP contribution is -2.33. The lowest BCUT2D eigenvalue weighted by Gasteiger charge is -2.32. The summed E-state index contributed by atoms with van der Waals surface area (Å²) in [5, 5.41) is 19.1. The van der Waals surface area contributed by atoms with Crippen molar-refractivity contribution < 1.29 is 46.1 Å². The third-order valence-electron chi connectivity index (χ3n) is 5.80. The number of carbonyl (C=O) groups is 2. The lowest BCUT2D eigenvalue weighted by atomic mass is 9.97. The first-order valence-corrected chi connectivity index (χ1v) is 10.5. The highest BCUT2D eigenvalue weighted by Gasteiger charge is 2.38. The molecule has 0 spiro atoms. The number of nitrogens with zero attached hydrogens (tertiary/aromatic N) is 2. The summed E-state index contributed by atoms with van der Waals surface area (Å²) in [6.07, 6.45) is -10.8. The first-order chi connectivity index (χ1) is 16.2. The van der Waals surface area contributed by atoms with E-state index in [2.05, 4.69) is 0 Å². The molecule has 1 aliphatic rings. The molecule has 190 valence electrons. The minimum Gasteiger partial charge on any atom is -0.465 e. The number of carbonyl (C=O) groups excluding carboxylic acids is 1. The number of anilines is 1. The molecule has 2 aromatic carbocycles. The van der Waals surface area contributed by atoms with Crippen molar-refractivity contribution in [2.24, 2.45) is 0 Å². The molecule has 0 saturated heterocycles. The molecule has 1 unspecified atom stereocenters. The van der Waals surface area contributed by atoms with Gasteiger partial charge in [-0.3, -0.25) is 9.69 Å². The number of hydrogen-bond acceptors (Lipinski definition) is 3. The SMILES string of the molecule is CC(=O)N(Cc1cc(C(F)(F)F)cc(C(F)(F)F)c1)C1CCCN(C(=O)O)c2cc(CO)ccc21. The predicted molar refractivity (Wildman–Crippen MR) is 112 cm³/mol. The monoisotopic (exact) mass is 504 g/mol. The number of fused-ring (bicyclic) bond motifs is 1. The van der Waals surface area contributed by atoms with Crippen molar-refractivity contribution in [3.8, 4) is 0 Å². The van der Waals surface area contributed by atoms with E-state index in [0.29, 0.717) is 23.3 Å². The highest BCUT2D eigenvalue weighted by Crippen LogP contribution is 2.40. The summed E-state index contributed by atoms with van der Waals surface area (Å²) in [5.41, 5.74) is -2.39. The lowest BCUT2D eigenvalue weighted by molar-refractivity contribution is -0.143. The molecular weight excluding hydrogens is 482 g/mol. The fraction of sp³-hybridized carbons (Fsp3) is 0.391. The van der Waals surface area contributed by atoms with Crippen LogP contribution in [0.15, 0.2) is 36.4 Å². The standard InChI is InChI=1S/C23H22F6N2O4/c1-13(33)31(11-15-7-16(22(24,25)26)10-17(8-15)23(27,28)29)19-3-2-6-30(21(34)35)20-9-14(12-32)4-5-18(19)20/h4-5,7-10,19,32H,2-3,6,11-12H2,1H3,(H,34,35). The Labute approximate surface area is 196 Å². The summed E-state index contributed by atoms with van der Waals surface area (Å²) in [7, 11) is 0. The molecule has 3 rings (SSSR count). The summed E-state index contributed by atoms with van der Waals surface area (Å²) in [4.78, 5) is 26.6. The maximum atomic E-state index is 13.3. The van der Waals surface area contributed by atoms with Crippen molar-refractivity contribution in [3.05, 3.63) is 64.2 Å². The summed E-state index contributed by atoms with van der Waals surface area (Å²) in [6, 6.07) is 4.80. The molecule has 2 N–H and O–H groups in total. The van der Waals surface area contributed by atoms with Crippen molar-refractivity contribution in [2.45, 2.75) is 51.3 Å². The molecule has 1 atom stereocenters. The van der Waals surface area contributed by atoms with Crippen LogP contribution in [0.2, 0.25) is 0 Å². The number of rotatable bonds is 4. The first kappa shape index (κ1) is 26.3. The number of aliphatic hydroxyl groups excluding tert-OH is 1. The molecule has 0 fully saturated rings. The van der Waals surface area contributed by atoms with Gasteiger partial charge in [0.05, 0.1) is 29.5 Å². The fourth-order valence-corrected chi connectivity index (χ4v) is 4.19. The van der Waals surface area contributed by atoms with Crippen molar-refractivity contribution in [2.75, 3.05) is 11.4 Å². The number of amides is 2. The van der Waals surface area contributed by atoms with Gasteiger partial charge in [-0.05, 0) is 53.8 Å². The number of halogens is 6. The zero-order valence-corrected chi connectivity index (χ0v) is 18.5. The molecule has 1 heterocycles. The first-order valence-electron chi connectivity index (χ1n) is 10.5. The van der Waals surface area contributed by atoms with Gasteiger partial charge in [0.15, 0.2) is 0 Å². The number of carboxylic acid groups (broad SMARTS) is 1. The van der Waals surface area contributed by atoms with E-state index in [-0.39, 0.29) is 43.3 Å². The van der Waals surface area contributed by atoms with Crippen LogP contribution in [0, 0.1) is 0 Å². The second-order valence-electron chi connectivity index (χ2n) is 8.20. The van der Waals surface area contributed by atoms with E-state index in [9.17, 15) is 46.1 Å². The molecule has 0 aromatic heterocycles. The maximum absolute atomic E-state index is 13.3. The Kier molecular flexibility index (Phi) is 7.34. The van der Waals surface area contributed by atoms with Crippen molar-refractivity contribution in [1.82, 2.24) is 4.90 Å². The van der Waals surface area contributed by atoms with Gasteiger partial charge in [-0.2, -0.15) is 26.3 Å². The van der Waals surface area contributed by atoms with Crippen LogP contribution in [-0.2, 0) is 30.3 Å². The van der Waals surface area contributed by atoms with Gasteiger partial charge < -0.3 is 15.1 Å². The number of hydrogen-bond donors (Lipinski definition) is 2. The molecular formula is C23H22F6N2O4. The topological polar surface area (TPSA) is 81.1 Å². The predicted octanol–water partition coefficient (Wildman–Crippen LogP) is 5.58. The Balaban J connectivity index is 2.10. The molecule has 0 aliphatic carbocycles. The molecule has 2 aromatic rings. The molecule has 0 bridgehead atoms. The largest absolute Gasteiger partial charge is 0.465 e. The van der Waals surface area contributed by atoms with Crippen molar-refractivity contribution >= 4 is 17.7 Å². The van der Waals surface area contributed by atoms with Gasteiger partial charge in [0, 0.05) is 20.0 Å². The second kappa shape index (κ2) is 9.76. The normalized spacial score (nSPS) is 16.5. The molecule has 6 nitrogen and oxygen atoms in total. The molecule has 12 heteroatoms. The van der Waals surface area contributed by atoms with Crippen LogP contribution in [0.3, 0.4) is 0 Å². The van der Waals surface area contributed by atoms with Gasteiger partial charge in [-0.25, -0.2) is 4.79 Å². The van der Waals surface area contributed by atoms with Gasteiger partial charge in [0.25, 0.3) is 0 Å². The van der Waals surface area contributed by atoms with Crippen LogP contribution >= 0.6 is 0 Å². The van der Waals surface area contributed by atoms with Crippen LogP contribution in [0.25, 0.3) is 0 Å². The molecule has 2 amide bonds. The van der Waals surface area contributed by atoms with Gasteiger partial charge in [-0.15, -0.1) is 0 Å². The summed E-state index contributed by atoms with van der Waals surface area (Å²) in [6.45, 7) is 0.259. The molecule has 0 radical (unpaired) electrons. The quantitative estimate of drug-likeness (QED) is 0.533. The van der Waals surface area contributed by atoms with Crippen molar-refractivity contribution in [3.63, 3.8) is 0 Å². The zero-order valence-electron chi connectivity index (χ0n) is 18.5. The Morgan fingerprint density at radius 2 is 1.60 bits per heavy atom. The average Bonchev–Trinajstić information content (AvgIpc) is 2.95. The van der Waals surface area contributed by atoms with E-state index in [0.717, 1.165) is 16.7 Å². The van der Waals surface area contributed by atoms with E-state index >= 15 is 0 Å². The van der Waals surface area contributed by atoms with Crippen LogP contribution in [-0.4, -0.2) is 33.7 Å². The summed E-state index contributed by atoms with van der Waals surface area (Å²) >= 11 is 0. The van der Waals surface area contributed by atoms with Gasteiger partial charge in [-0.1, -0.05) is 12.1 Å². The van der Waals surface area contributed by atoms with Crippen LogP contribution in [0.1, 0.15) is 53.6 Å². The van der Waals surface area contributed by atoms with E-state index in [4.69, 9.17) is 0 Å². The zero-order chi connectivity index (χ0) is 26.1. The summed E-state index contributed by atoms with van der Waals surface area (Å²) < 4.78 is 79.8. The molecule has 0 saturated carbocycles.